The molecular formula is C12H14N2O3S. The number of carbonyl (C=O) groups excluding carboxylic acids is 2. The third-order valence-electron chi connectivity index (χ3n) is 2.75. The Morgan fingerprint density at radius 3 is 2.94 bits per heavy atom. The standard InChI is InChI=1S/C12H14N2O3S/c1-6-11(15)14-8-5-7(3-4-9(8)18-6)10(13)12(16)17-2/h3-6,10H,13H2,1-2H3,(H,14,15). The maximum absolute atomic E-state index is 11.6. The second-order valence-corrected chi connectivity index (χ2v) is 5.39. The Morgan fingerprint density at radius 2 is 2.28 bits per heavy atom. The van der Waals surface area contributed by atoms with Crippen molar-refractivity contribution in [2.45, 2.75) is 23.1 Å². The molecule has 18 heavy (non-hydrogen) atoms. The Hall–Kier alpha value is -1.53. The monoisotopic (exact) mass is 266 g/mol. The van der Waals surface area contributed by atoms with E-state index in [1.807, 2.05) is 13.0 Å². The summed E-state index contributed by atoms with van der Waals surface area (Å²) in [7, 11) is 1.29. The predicted molar refractivity (Wildman–Crippen MR) is 69.3 cm³/mol. The van der Waals surface area contributed by atoms with E-state index in [0.717, 1.165) is 4.90 Å². The van der Waals surface area contributed by atoms with Gasteiger partial charge >= 0.3 is 5.97 Å². The summed E-state index contributed by atoms with van der Waals surface area (Å²) < 4.78 is 4.59. The van der Waals surface area contributed by atoms with Gasteiger partial charge in [-0.25, -0.2) is 0 Å². The van der Waals surface area contributed by atoms with Crippen LogP contribution in [-0.4, -0.2) is 24.2 Å². The van der Waals surface area contributed by atoms with Crippen molar-refractivity contribution in [2.75, 3.05) is 12.4 Å². The van der Waals surface area contributed by atoms with Crippen molar-refractivity contribution in [1.29, 1.82) is 0 Å². The largest absolute Gasteiger partial charge is 0.468 e. The van der Waals surface area contributed by atoms with E-state index in [9.17, 15) is 9.59 Å². The van der Waals surface area contributed by atoms with Crippen LogP contribution in [0.4, 0.5) is 5.69 Å². The Balaban J connectivity index is 2.30. The van der Waals surface area contributed by atoms with E-state index in [0.29, 0.717) is 11.3 Å². The summed E-state index contributed by atoms with van der Waals surface area (Å²) in [5.41, 5.74) is 7.07. The van der Waals surface area contributed by atoms with Gasteiger partial charge in [0, 0.05) is 4.90 Å². The van der Waals surface area contributed by atoms with Crippen molar-refractivity contribution >= 4 is 29.3 Å². The van der Waals surface area contributed by atoms with E-state index in [2.05, 4.69) is 10.1 Å². The molecule has 2 unspecified atom stereocenters. The summed E-state index contributed by atoms with van der Waals surface area (Å²) in [6, 6.07) is 4.51. The highest BCUT2D eigenvalue weighted by atomic mass is 32.2. The van der Waals surface area contributed by atoms with Gasteiger partial charge in [0.25, 0.3) is 0 Å². The van der Waals surface area contributed by atoms with Crippen molar-refractivity contribution in [3.63, 3.8) is 0 Å². The zero-order chi connectivity index (χ0) is 13.3. The van der Waals surface area contributed by atoms with Crippen LogP contribution in [0.2, 0.25) is 0 Å². The van der Waals surface area contributed by atoms with Crippen molar-refractivity contribution < 1.29 is 14.3 Å². The molecule has 0 spiro atoms. The van der Waals surface area contributed by atoms with Crippen LogP contribution >= 0.6 is 11.8 Å². The Bertz CT molecular complexity index is 504. The van der Waals surface area contributed by atoms with Crippen molar-refractivity contribution in [1.82, 2.24) is 0 Å². The molecule has 0 saturated heterocycles. The highest BCUT2D eigenvalue weighted by Crippen LogP contribution is 2.36. The summed E-state index contributed by atoms with van der Waals surface area (Å²) in [5, 5.41) is 2.68. The number of carbonyl (C=O) groups is 2. The van der Waals surface area contributed by atoms with Crippen LogP contribution in [0.1, 0.15) is 18.5 Å². The molecule has 0 bridgehead atoms. The molecule has 2 rings (SSSR count). The number of esters is 1. The van der Waals surface area contributed by atoms with Gasteiger partial charge in [-0.2, -0.15) is 0 Å². The summed E-state index contributed by atoms with van der Waals surface area (Å²) in [6.45, 7) is 1.84. The first-order valence-electron chi connectivity index (χ1n) is 5.48. The number of methoxy groups -OCH3 is 1. The number of hydrogen-bond donors (Lipinski definition) is 2. The molecule has 1 aromatic rings. The number of anilines is 1. The molecule has 0 radical (unpaired) electrons. The quantitative estimate of drug-likeness (QED) is 0.788. The lowest BCUT2D eigenvalue weighted by Gasteiger charge is -2.22. The van der Waals surface area contributed by atoms with Gasteiger partial charge in [0.15, 0.2) is 0 Å². The van der Waals surface area contributed by atoms with Crippen LogP contribution < -0.4 is 11.1 Å². The van der Waals surface area contributed by atoms with E-state index in [1.54, 1.807) is 12.1 Å². The SMILES string of the molecule is COC(=O)C(N)c1ccc2c(c1)NC(=O)C(C)S2. The fraction of sp³-hybridized carbons (Fsp3) is 0.333. The fourth-order valence-corrected chi connectivity index (χ4v) is 2.61. The number of nitrogens with one attached hydrogen (secondary N) is 1. The number of amides is 1. The molecule has 1 aromatic carbocycles. The molecule has 1 aliphatic heterocycles. The maximum Gasteiger partial charge on any atom is 0.327 e. The first kappa shape index (κ1) is 12.9. The predicted octanol–water partition coefficient (Wildman–Crippen LogP) is 1.29. The number of nitrogens with two attached hydrogens (primary N) is 1. The average Bonchev–Trinajstić information content (AvgIpc) is 2.37. The Kier molecular flexibility index (Phi) is 3.58. The van der Waals surface area contributed by atoms with Crippen LogP contribution in [0, 0.1) is 0 Å². The first-order chi connectivity index (χ1) is 8.52. The molecule has 3 N–H and O–H groups in total. The minimum Gasteiger partial charge on any atom is -0.468 e. The van der Waals surface area contributed by atoms with Gasteiger partial charge in [0.1, 0.15) is 6.04 Å². The Morgan fingerprint density at radius 1 is 1.56 bits per heavy atom. The second kappa shape index (κ2) is 4.99. The van der Waals surface area contributed by atoms with Gasteiger partial charge in [-0.15, -0.1) is 11.8 Å². The van der Waals surface area contributed by atoms with Crippen molar-refractivity contribution in [3.05, 3.63) is 23.8 Å². The molecular weight excluding hydrogens is 252 g/mol. The number of rotatable bonds is 2. The Labute approximate surface area is 109 Å². The third-order valence-corrected chi connectivity index (χ3v) is 3.93. The van der Waals surface area contributed by atoms with Gasteiger partial charge in [0.05, 0.1) is 18.0 Å². The van der Waals surface area contributed by atoms with Gasteiger partial charge in [-0.3, -0.25) is 9.59 Å². The number of fused-ring (bicyclic) bond motifs is 1. The zero-order valence-electron chi connectivity index (χ0n) is 10.1. The number of thioether (sulfide) groups is 1. The summed E-state index contributed by atoms with van der Waals surface area (Å²) in [5.74, 6) is -0.547. The second-order valence-electron chi connectivity index (χ2n) is 4.01. The van der Waals surface area contributed by atoms with E-state index in [1.165, 1.54) is 18.9 Å². The van der Waals surface area contributed by atoms with Crippen molar-refractivity contribution in [2.24, 2.45) is 5.73 Å². The van der Waals surface area contributed by atoms with E-state index in [-0.39, 0.29) is 11.2 Å². The molecule has 1 heterocycles. The van der Waals surface area contributed by atoms with Crippen LogP contribution in [0.5, 0.6) is 0 Å². The highest BCUT2D eigenvalue weighted by molar-refractivity contribution is 8.00. The lowest BCUT2D eigenvalue weighted by Crippen LogP contribution is -2.27. The lowest BCUT2D eigenvalue weighted by molar-refractivity contribution is -0.142. The minimum absolute atomic E-state index is 0.0451. The normalized spacial score (nSPS) is 19.7. The van der Waals surface area contributed by atoms with Crippen molar-refractivity contribution in [3.8, 4) is 0 Å². The zero-order valence-corrected chi connectivity index (χ0v) is 10.9. The lowest BCUT2D eigenvalue weighted by atomic mass is 10.1. The van der Waals surface area contributed by atoms with Crippen LogP contribution in [0.25, 0.3) is 0 Å². The van der Waals surface area contributed by atoms with Gasteiger partial charge in [-0.05, 0) is 24.6 Å². The van der Waals surface area contributed by atoms with Gasteiger partial charge in [-0.1, -0.05) is 6.07 Å². The van der Waals surface area contributed by atoms with Crippen LogP contribution in [-0.2, 0) is 14.3 Å². The van der Waals surface area contributed by atoms with Gasteiger partial charge in [0.2, 0.25) is 5.91 Å². The molecule has 2 atom stereocenters. The molecule has 6 heteroatoms. The summed E-state index contributed by atoms with van der Waals surface area (Å²) in [4.78, 5) is 23.9. The number of benzene rings is 1. The molecule has 0 saturated carbocycles. The first-order valence-corrected chi connectivity index (χ1v) is 6.35. The molecule has 1 aliphatic rings. The molecule has 0 aliphatic carbocycles. The van der Waals surface area contributed by atoms with Crippen LogP contribution in [0.3, 0.4) is 0 Å². The highest BCUT2D eigenvalue weighted by Gasteiger charge is 2.24. The number of ether oxygens (including phenoxy) is 1. The summed E-state index contributed by atoms with van der Waals surface area (Å²) >= 11 is 1.49. The average molecular weight is 266 g/mol. The third kappa shape index (κ3) is 2.34. The molecule has 0 fully saturated rings. The molecule has 5 nitrogen and oxygen atoms in total. The van der Waals surface area contributed by atoms with E-state index >= 15 is 0 Å². The smallest absolute Gasteiger partial charge is 0.327 e. The fourth-order valence-electron chi connectivity index (χ4n) is 1.68. The van der Waals surface area contributed by atoms with Gasteiger partial charge < -0.3 is 15.8 Å². The van der Waals surface area contributed by atoms with E-state index in [4.69, 9.17) is 5.73 Å². The maximum atomic E-state index is 11.6. The molecule has 96 valence electrons. The van der Waals surface area contributed by atoms with Crippen LogP contribution in [0.15, 0.2) is 23.1 Å². The minimum atomic E-state index is -0.832. The molecule has 0 aromatic heterocycles. The number of hydrogen-bond acceptors (Lipinski definition) is 5. The molecule has 1 amide bonds. The topological polar surface area (TPSA) is 81.4 Å². The summed E-state index contributed by atoms with van der Waals surface area (Å²) in [6.07, 6.45) is 0. The van der Waals surface area contributed by atoms with E-state index < -0.39 is 12.0 Å².